The molecular formula is C12H20Cl2O8. The molecule has 22 heavy (non-hydrogen) atoms. The van der Waals surface area contributed by atoms with Gasteiger partial charge in [0.15, 0.2) is 12.1 Å². The smallest absolute Gasteiger partial charge is 0.197 e. The molecule has 9 atom stereocenters. The van der Waals surface area contributed by atoms with Gasteiger partial charge in [-0.25, -0.2) is 0 Å². The van der Waals surface area contributed by atoms with E-state index in [1.807, 2.05) is 0 Å². The average Bonchev–Trinajstić information content (AvgIpc) is 2.72. The van der Waals surface area contributed by atoms with E-state index < -0.39 is 60.7 Å². The second-order valence-electron chi connectivity index (χ2n) is 5.53. The van der Waals surface area contributed by atoms with Crippen LogP contribution in [0.25, 0.3) is 0 Å². The van der Waals surface area contributed by atoms with Crippen molar-refractivity contribution >= 4 is 23.2 Å². The zero-order valence-corrected chi connectivity index (χ0v) is 13.3. The van der Waals surface area contributed by atoms with Crippen molar-refractivity contribution in [3.05, 3.63) is 0 Å². The molecule has 10 heteroatoms. The lowest BCUT2D eigenvalue weighted by atomic mass is 10.0. The van der Waals surface area contributed by atoms with Gasteiger partial charge < -0.3 is 39.7 Å². The number of hydrogen-bond acceptors (Lipinski definition) is 8. The van der Waals surface area contributed by atoms with Crippen molar-refractivity contribution in [2.45, 2.75) is 61.0 Å². The van der Waals surface area contributed by atoms with Gasteiger partial charge in [-0.1, -0.05) is 0 Å². The summed E-state index contributed by atoms with van der Waals surface area (Å²) in [6, 6.07) is 0. The third-order valence-electron chi connectivity index (χ3n) is 3.93. The predicted molar refractivity (Wildman–Crippen MR) is 74.5 cm³/mol. The predicted octanol–water partition coefficient (Wildman–Crippen LogP) is -1.87. The van der Waals surface area contributed by atoms with Crippen molar-refractivity contribution in [2.75, 3.05) is 12.5 Å². The zero-order chi connectivity index (χ0) is 16.7. The van der Waals surface area contributed by atoms with Gasteiger partial charge in [-0.2, -0.15) is 0 Å². The molecule has 8 nitrogen and oxygen atoms in total. The monoisotopic (exact) mass is 362 g/mol. The Balaban J connectivity index is 2.12. The van der Waals surface area contributed by atoms with E-state index in [1.165, 1.54) is 6.92 Å². The number of alkyl halides is 2. The molecule has 2 rings (SSSR count). The zero-order valence-electron chi connectivity index (χ0n) is 11.7. The molecule has 2 fully saturated rings. The lowest BCUT2D eigenvalue weighted by molar-refractivity contribution is -0.359. The van der Waals surface area contributed by atoms with Crippen molar-refractivity contribution in [3.63, 3.8) is 0 Å². The molecule has 5 N–H and O–H groups in total. The molecule has 130 valence electrons. The van der Waals surface area contributed by atoms with Gasteiger partial charge in [-0.05, 0) is 6.92 Å². The number of aliphatic hydroxyl groups excluding tert-OH is 5. The lowest BCUT2D eigenvalue weighted by Crippen LogP contribution is -2.60. The SMILES string of the molecule is C[C@@]1(O[C@H]2O[C@H](CO)[C@H](Cl)[C@H](O)[C@H]2O)O[C@H](CCl)[C@@H](O)[C@@H]1O. The van der Waals surface area contributed by atoms with Gasteiger partial charge in [0.1, 0.15) is 36.6 Å². The highest BCUT2D eigenvalue weighted by atomic mass is 35.5. The number of hydrogen-bond donors (Lipinski definition) is 5. The lowest BCUT2D eigenvalue weighted by Gasteiger charge is -2.42. The van der Waals surface area contributed by atoms with Gasteiger partial charge >= 0.3 is 0 Å². The summed E-state index contributed by atoms with van der Waals surface area (Å²) in [5.74, 6) is -1.78. The fourth-order valence-corrected chi connectivity index (χ4v) is 3.08. The Kier molecular flexibility index (Phi) is 5.93. The molecule has 0 spiro atoms. The van der Waals surface area contributed by atoms with Crippen molar-refractivity contribution in [1.82, 2.24) is 0 Å². The van der Waals surface area contributed by atoms with Crippen LogP contribution < -0.4 is 0 Å². The minimum Gasteiger partial charge on any atom is -0.394 e. The molecule has 0 aliphatic carbocycles. The van der Waals surface area contributed by atoms with E-state index in [0.29, 0.717) is 0 Å². The summed E-state index contributed by atoms with van der Waals surface area (Å²) in [5, 5.41) is 47.9. The van der Waals surface area contributed by atoms with Crippen LogP contribution in [0.15, 0.2) is 0 Å². The summed E-state index contributed by atoms with van der Waals surface area (Å²) in [5.41, 5.74) is 0. The van der Waals surface area contributed by atoms with E-state index >= 15 is 0 Å². The van der Waals surface area contributed by atoms with Crippen LogP contribution in [0.1, 0.15) is 6.92 Å². The van der Waals surface area contributed by atoms with E-state index in [2.05, 4.69) is 0 Å². The molecule has 2 aliphatic rings. The maximum atomic E-state index is 10.0. The summed E-state index contributed by atoms with van der Waals surface area (Å²) in [7, 11) is 0. The highest BCUT2D eigenvalue weighted by Crippen LogP contribution is 2.36. The normalized spacial score (nSPS) is 52.9. The van der Waals surface area contributed by atoms with E-state index in [-0.39, 0.29) is 5.88 Å². The Labute approximate surface area is 137 Å². The van der Waals surface area contributed by atoms with E-state index in [9.17, 15) is 25.5 Å². The summed E-state index contributed by atoms with van der Waals surface area (Å²) in [6.45, 7) is 0.849. The van der Waals surface area contributed by atoms with Gasteiger partial charge in [0, 0.05) is 0 Å². The second-order valence-corrected chi connectivity index (χ2v) is 6.34. The topological polar surface area (TPSA) is 129 Å². The Morgan fingerprint density at radius 1 is 1.09 bits per heavy atom. The van der Waals surface area contributed by atoms with E-state index in [0.717, 1.165) is 0 Å². The van der Waals surface area contributed by atoms with E-state index in [1.54, 1.807) is 0 Å². The number of aliphatic hydroxyl groups is 5. The van der Waals surface area contributed by atoms with Gasteiger partial charge in [0.2, 0.25) is 0 Å². The maximum absolute atomic E-state index is 10.0. The highest BCUT2D eigenvalue weighted by Gasteiger charge is 2.55. The molecule has 2 saturated heterocycles. The van der Waals surface area contributed by atoms with Crippen molar-refractivity contribution in [1.29, 1.82) is 0 Å². The van der Waals surface area contributed by atoms with E-state index in [4.69, 9.17) is 37.4 Å². The second kappa shape index (κ2) is 7.02. The summed E-state index contributed by atoms with van der Waals surface area (Å²) in [4.78, 5) is 0. The summed E-state index contributed by atoms with van der Waals surface area (Å²) >= 11 is 11.5. The Bertz CT molecular complexity index is 386. The third kappa shape index (κ3) is 3.23. The molecular weight excluding hydrogens is 343 g/mol. The molecule has 0 aromatic carbocycles. The first-order valence-electron chi connectivity index (χ1n) is 6.79. The van der Waals surface area contributed by atoms with Crippen LogP contribution in [0, 0.1) is 0 Å². The van der Waals surface area contributed by atoms with Crippen molar-refractivity contribution < 1.29 is 39.7 Å². The van der Waals surface area contributed by atoms with Crippen LogP contribution in [0.3, 0.4) is 0 Å². The summed E-state index contributed by atoms with van der Waals surface area (Å²) in [6.07, 6.45) is -8.89. The van der Waals surface area contributed by atoms with Crippen LogP contribution >= 0.6 is 23.2 Å². The first-order valence-corrected chi connectivity index (χ1v) is 7.76. The van der Waals surface area contributed by atoms with Gasteiger partial charge in [-0.15, -0.1) is 23.2 Å². The molecule has 0 aromatic rings. The maximum Gasteiger partial charge on any atom is 0.197 e. The van der Waals surface area contributed by atoms with Crippen LogP contribution in [-0.4, -0.2) is 92.1 Å². The fraction of sp³-hybridized carbons (Fsp3) is 1.00. The number of ether oxygens (including phenoxy) is 3. The van der Waals surface area contributed by atoms with Crippen molar-refractivity contribution in [3.8, 4) is 0 Å². The molecule has 2 aliphatic heterocycles. The largest absolute Gasteiger partial charge is 0.394 e. The summed E-state index contributed by atoms with van der Waals surface area (Å²) < 4.78 is 16.1. The minimum atomic E-state index is -1.70. The molecule has 0 saturated carbocycles. The standard InChI is InChI=1S/C12H20Cl2O8/c1-12(10(19)7(16)4(2-13)21-12)22-11-9(18)8(17)6(14)5(3-15)20-11/h4-11,15-19H,2-3H2,1H3/t4-,5-,6+,7-,8+,9-,10+,11-,12+/m1/s1. The highest BCUT2D eigenvalue weighted by molar-refractivity contribution is 6.21. The van der Waals surface area contributed by atoms with Gasteiger partial charge in [-0.3, -0.25) is 0 Å². The Hall–Kier alpha value is 0.260. The molecule has 0 aromatic heterocycles. The Morgan fingerprint density at radius 3 is 2.23 bits per heavy atom. The number of halogens is 2. The van der Waals surface area contributed by atoms with Gasteiger partial charge in [0.05, 0.1) is 17.9 Å². The number of rotatable bonds is 4. The molecule has 0 amide bonds. The first-order chi connectivity index (χ1) is 10.2. The third-order valence-corrected chi connectivity index (χ3v) is 4.77. The molecule has 0 bridgehead atoms. The fourth-order valence-electron chi connectivity index (χ4n) is 2.54. The van der Waals surface area contributed by atoms with Crippen LogP contribution in [0.4, 0.5) is 0 Å². The van der Waals surface area contributed by atoms with Crippen LogP contribution in [-0.2, 0) is 14.2 Å². The first kappa shape index (κ1) is 18.6. The molecule has 0 unspecified atom stereocenters. The van der Waals surface area contributed by atoms with Gasteiger partial charge in [0.25, 0.3) is 0 Å². The average molecular weight is 363 g/mol. The Morgan fingerprint density at radius 2 is 1.73 bits per heavy atom. The molecule has 0 radical (unpaired) electrons. The van der Waals surface area contributed by atoms with Crippen LogP contribution in [0.2, 0.25) is 0 Å². The van der Waals surface area contributed by atoms with Crippen molar-refractivity contribution in [2.24, 2.45) is 0 Å². The quantitative estimate of drug-likeness (QED) is 0.368. The molecule has 2 heterocycles. The van der Waals surface area contributed by atoms with Crippen LogP contribution in [0.5, 0.6) is 0 Å². The minimum absolute atomic E-state index is 0.0725.